The molecule has 1 saturated heterocycles. The van der Waals surface area contributed by atoms with Crippen molar-refractivity contribution in [2.45, 2.75) is 6.54 Å². The Kier molecular flexibility index (Phi) is 3.45. The summed E-state index contributed by atoms with van der Waals surface area (Å²) in [4.78, 5) is 16.6. The van der Waals surface area contributed by atoms with E-state index in [9.17, 15) is 13.2 Å². The topological polar surface area (TPSA) is 87.6 Å². The van der Waals surface area contributed by atoms with Gasteiger partial charge in [-0.1, -0.05) is 0 Å². The van der Waals surface area contributed by atoms with Gasteiger partial charge in [-0.15, -0.1) is 11.3 Å². The quantitative estimate of drug-likeness (QED) is 0.840. The predicted molar refractivity (Wildman–Crippen MR) is 63.0 cm³/mol. The minimum Gasteiger partial charge on any atom is -0.476 e. The number of thiazole rings is 1. The molecule has 0 aliphatic carbocycles. The molecular formula is C9H12N2O4S2. The van der Waals surface area contributed by atoms with Crippen molar-refractivity contribution in [2.24, 2.45) is 0 Å². The highest BCUT2D eigenvalue weighted by Gasteiger charge is 2.22. The van der Waals surface area contributed by atoms with Gasteiger partial charge in [0.25, 0.3) is 0 Å². The monoisotopic (exact) mass is 276 g/mol. The highest BCUT2D eigenvalue weighted by molar-refractivity contribution is 7.91. The van der Waals surface area contributed by atoms with Gasteiger partial charge in [0.15, 0.2) is 15.5 Å². The van der Waals surface area contributed by atoms with E-state index in [2.05, 4.69) is 4.98 Å². The number of nitrogens with zero attached hydrogens (tertiary/aromatic N) is 2. The predicted octanol–water partition coefficient (Wildman–Crippen LogP) is 0.0717. The van der Waals surface area contributed by atoms with Crippen LogP contribution in [-0.2, 0) is 16.4 Å². The van der Waals surface area contributed by atoms with Crippen LogP contribution in [0.2, 0.25) is 0 Å². The van der Waals surface area contributed by atoms with E-state index in [1.807, 2.05) is 4.90 Å². The molecule has 0 unspecified atom stereocenters. The molecule has 0 spiro atoms. The average molecular weight is 276 g/mol. The van der Waals surface area contributed by atoms with Crippen LogP contribution in [0, 0.1) is 0 Å². The first-order chi connectivity index (χ1) is 7.96. The van der Waals surface area contributed by atoms with Gasteiger partial charge in [0.2, 0.25) is 0 Å². The second-order valence-corrected chi connectivity index (χ2v) is 7.11. The maximum atomic E-state index is 11.2. The van der Waals surface area contributed by atoms with Crippen molar-refractivity contribution in [3.05, 3.63) is 16.1 Å². The zero-order valence-electron chi connectivity index (χ0n) is 9.00. The van der Waals surface area contributed by atoms with Gasteiger partial charge in [-0.2, -0.15) is 0 Å². The fourth-order valence-electron chi connectivity index (χ4n) is 1.58. The number of hydrogen-bond donors (Lipinski definition) is 1. The summed E-state index contributed by atoms with van der Waals surface area (Å²) in [6, 6.07) is 0. The first-order valence-corrected chi connectivity index (χ1v) is 7.77. The lowest BCUT2D eigenvalue weighted by Gasteiger charge is -2.25. The third-order valence-electron chi connectivity index (χ3n) is 2.57. The Hall–Kier alpha value is -0.990. The summed E-state index contributed by atoms with van der Waals surface area (Å²) in [5.74, 6) is -0.692. The fourth-order valence-corrected chi connectivity index (χ4v) is 3.67. The summed E-state index contributed by atoms with van der Waals surface area (Å²) in [5.41, 5.74) is 0.0506. The van der Waals surface area contributed by atoms with Crippen molar-refractivity contribution in [2.75, 3.05) is 24.6 Å². The fraction of sp³-hybridized carbons (Fsp3) is 0.556. The van der Waals surface area contributed by atoms with E-state index in [4.69, 9.17) is 5.11 Å². The van der Waals surface area contributed by atoms with Gasteiger partial charge in [0.05, 0.1) is 18.1 Å². The molecule has 0 radical (unpaired) electrons. The van der Waals surface area contributed by atoms with Crippen LogP contribution in [0.4, 0.5) is 0 Å². The zero-order valence-corrected chi connectivity index (χ0v) is 10.6. The molecule has 2 rings (SSSR count). The smallest absolute Gasteiger partial charge is 0.355 e. The van der Waals surface area contributed by atoms with E-state index < -0.39 is 15.8 Å². The SMILES string of the molecule is O=C(O)c1csc(CN2CCS(=O)(=O)CC2)n1. The number of sulfone groups is 1. The van der Waals surface area contributed by atoms with Gasteiger partial charge >= 0.3 is 5.97 Å². The minimum absolute atomic E-state index is 0.0506. The van der Waals surface area contributed by atoms with E-state index >= 15 is 0 Å². The van der Waals surface area contributed by atoms with Crippen LogP contribution < -0.4 is 0 Å². The van der Waals surface area contributed by atoms with Crippen LogP contribution in [0.25, 0.3) is 0 Å². The average Bonchev–Trinajstić information content (AvgIpc) is 2.70. The molecule has 0 saturated carbocycles. The van der Waals surface area contributed by atoms with Gasteiger partial charge in [-0.25, -0.2) is 18.2 Å². The Morgan fingerprint density at radius 3 is 2.65 bits per heavy atom. The summed E-state index contributed by atoms with van der Waals surface area (Å²) in [6.07, 6.45) is 0. The van der Waals surface area contributed by atoms with Crippen molar-refractivity contribution in [1.29, 1.82) is 0 Å². The zero-order chi connectivity index (χ0) is 12.5. The Balaban J connectivity index is 1.95. The van der Waals surface area contributed by atoms with Crippen molar-refractivity contribution in [3.8, 4) is 0 Å². The summed E-state index contributed by atoms with van der Waals surface area (Å²) in [6.45, 7) is 1.50. The number of aromatic carboxylic acids is 1. The van der Waals surface area contributed by atoms with Gasteiger partial charge in [0, 0.05) is 18.5 Å². The molecule has 1 aromatic rings. The lowest BCUT2D eigenvalue weighted by Crippen LogP contribution is -2.39. The summed E-state index contributed by atoms with van der Waals surface area (Å²) in [7, 11) is -2.87. The van der Waals surface area contributed by atoms with Gasteiger partial charge in [0.1, 0.15) is 5.01 Å². The Bertz CT molecular complexity index is 509. The van der Waals surface area contributed by atoms with E-state index in [-0.39, 0.29) is 17.2 Å². The highest BCUT2D eigenvalue weighted by atomic mass is 32.2. The number of carboxylic acid groups (broad SMARTS) is 1. The molecule has 8 heteroatoms. The lowest BCUT2D eigenvalue weighted by atomic mass is 10.4. The van der Waals surface area contributed by atoms with Gasteiger partial charge in [-0.3, -0.25) is 4.90 Å². The molecule has 0 aromatic carbocycles. The molecule has 1 fully saturated rings. The molecule has 2 heterocycles. The Morgan fingerprint density at radius 1 is 1.47 bits per heavy atom. The van der Waals surface area contributed by atoms with Gasteiger partial charge < -0.3 is 5.11 Å². The van der Waals surface area contributed by atoms with Crippen LogP contribution in [0.5, 0.6) is 0 Å². The Labute approximate surface area is 103 Å². The van der Waals surface area contributed by atoms with Crippen LogP contribution in [-0.4, -0.2) is 54.0 Å². The number of aromatic nitrogens is 1. The second kappa shape index (κ2) is 4.71. The van der Waals surface area contributed by atoms with Crippen molar-refractivity contribution in [3.63, 3.8) is 0 Å². The van der Waals surface area contributed by atoms with E-state index in [1.165, 1.54) is 16.7 Å². The normalized spacial score (nSPS) is 20.2. The summed E-state index contributed by atoms with van der Waals surface area (Å²) in [5, 5.41) is 10.9. The molecule has 1 aliphatic heterocycles. The molecule has 1 aromatic heterocycles. The number of rotatable bonds is 3. The van der Waals surface area contributed by atoms with Crippen molar-refractivity contribution >= 4 is 27.1 Å². The highest BCUT2D eigenvalue weighted by Crippen LogP contribution is 2.14. The molecule has 0 atom stereocenters. The van der Waals surface area contributed by atoms with Crippen LogP contribution in [0.3, 0.4) is 0 Å². The Morgan fingerprint density at radius 2 is 2.12 bits per heavy atom. The van der Waals surface area contributed by atoms with Crippen LogP contribution >= 0.6 is 11.3 Å². The number of carboxylic acids is 1. The molecular weight excluding hydrogens is 264 g/mol. The molecule has 1 N–H and O–H groups in total. The molecule has 6 nitrogen and oxygen atoms in total. The minimum atomic E-state index is -2.87. The molecule has 94 valence electrons. The van der Waals surface area contributed by atoms with E-state index in [1.54, 1.807) is 0 Å². The van der Waals surface area contributed by atoms with Gasteiger partial charge in [-0.05, 0) is 0 Å². The summed E-state index contributed by atoms with van der Waals surface area (Å²) < 4.78 is 22.4. The number of carbonyl (C=O) groups is 1. The second-order valence-electron chi connectivity index (χ2n) is 3.86. The third kappa shape index (κ3) is 3.24. The molecule has 0 bridgehead atoms. The third-order valence-corrected chi connectivity index (χ3v) is 5.01. The first kappa shape index (κ1) is 12.5. The molecule has 17 heavy (non-hydrogen) atoms. The molecule has 0 amide bonds. The van der Waals surface area contributed by atoms with Crippen molar-refractivity contribution < 1.29 is 18.3 Å². The standard InChI is InChI=1S/C9H12N2O4S2/c12-9(13)7-6-16-8(10-7)5-11-1-3-17(14,15)4-2-11/h6H,1-5H2,(H,12,13). The maximum Gasteiger partial charge on any atom is 0.355 e. The lowest BCUT2D eigenvalue weighted by molar-refractivity contribution is 0.0691. The largest absolute Gasteiger partial charge is 0.476 e. The maximum absolute atomic E-state index is 11.2. The van der Waals surface area contributed by atoms with Crippen LogP contribution in [0.1, 0.15) is 15.5 Å². The number of hydrogen-bond acceptors (Lipinski definition) is 6. The van der Waals surface area contributed by atoms with E-state index in [0.29, 0.717) is 24.6 Å². The molecule has 1 aliphatic rings. The summed E-state index contributed by atoms with van der Waals surface area (Å²) >= 11 is 1.29. The van der Waals surface area contributed by atoms with E-state index in [0.717, 1.165) is 0 Å². The van der Waals surface area contributed by atoms with Crippen LogP contribution in [0.15, 0.2) is 5.38 Å². The van der Waals surface area contributed by atoms with Crippen molar-refractivity contribution in [1.82, 2.24) is 9.88 Å². The first-order valence-electron chi connectivity index (χ1n) is 5.07.